The van der Waals surface area contributed by atoms with E-state index in [4.69, 9.17) is 10.7 Å². The molecule has 0 spiro atoms. The minimum atomic E-state index is -0.681. The number of nitrogens with zero attached hydrogens (tertiary/aromatic N) is 6. The molecule has 1 aliphatic carbocycles. The molecule has 3 N–H and O–H groups in total. The van der Waals surface area contributed by atoms with E-state index < -0.39 is 5.91 Å². The van der Waals surface area contributed by atoms with Crippen LogP contribution in [0.4, 0.5) is 17.5 Å². The lowest BCUT2D eigenvalue weighted by molar-refractivity contribution is -0.130. The van der Waals surface area contributed by atoms with E-state index in [1.54, 1.807) is 19.0 Å². The minimum absolute atomic E-state index is 0.00859. The van der Waals surface area contributed by atoms with Crippen LogP contribution in [0.15, 0.2) is 24.3 Å². The number of carbonyl (C=O) groups is 2. The molecule has 0 bridgehead atoms. The van der Waals surface area contributed by atoms with Gasteiger partial charge in [0, 0.05) is 44.8 Å². The van der Waals surface area contributed by atoms with Gasteiger partial charge in [0.15, 0.2) is 11.5 Å². The maximum atomic E-state index is 12.3. The normalized spacial score (nSPS) is 22.8. The maximum Gasteiger partial charge on any atom is 0.273 e. The first-order valence-corrected chi connectivity index (χ1v) is 13.9. The molecule has 10 heteroatoms. The largest absolute Gasteiger partial charge is 0.364 e. The summed E-state index contributed by atoms with van der Waals surface area (Å²) in [5.41, 5.74) is 7.78. The van der Waals surface area contributed by atoms with Gasteiger partial charge in [-0.2, -0.15) is 4.98 Å². The molecule has 38 heavy (non-hydrogen) atoms. The van der Waals surface area contributed by atoms with Gasteiger partial charge >= 0.3 is 0 Å². The average Bonchev–Trinajstić information content (AvgIpc) is 3.76. The van der Waals surface area contributed by atoms with Crippen LogP contribution in [0.3, 0.4) is 0 Å². The summed E-state index contributed by atoms with van der Waals surface area (Å²) in [7, 11) is 3.57. The number of rotatable bonds is 8. The predicted octanol–water partition coefficient (Wildman–Crippen LogP) is 3.14. The highest BCUT2D eigenvalue weighted by Gasteiger charge is 2.33. The van der Waals surface area contributed by atoms with Crippen LogP contribution in [0.25, 0.3) is 0 Å². The van der Waals surface area contributed by atoms with E-state index in [0.717, 1.165) is 31.1 Å². The summed E-state index contributed by atoms with van der Waals surface area (Å²) in [5, 5.41) is 11.6. The first kappa shape index (κ1) is 26.3. The highest BCUT2D eigenvalue weighted by Crippen LogP contribution is 2.35. The van der Waals surface area contributed by atoms with Gasteiger partial charge in [-0.3, -0.25) is 9.59 Å². The van der Waals surface area contributed by atoms with Gasteiger partial charge in [0.05, 0.1) is 0 Å². The Balaban J connectivity index is 1.29. The number of nitrogens with one attached hydrogen (secondary N) is 1. The molecule has 2 saturated heterocycles. The number of anilines is 3. The molecular weight excluding hydrogens is 480 g/mol. The number of likely N-dealkylation sites (tertiary alicyclic amines) is 1. The number of hydrogen-bond acceptors (Lipinski definition) is 8. The first-order valence-electron chi connectivity index (χ1n) is 13.9. The molecular formula is C28H40N8O2. The molecule has 0 unspecified atom stereocenters. The second-order valence-electron chi connectivity index (χ2n) is 11.3. The fraction of sp³-hybridized carbons (Fsp3) is 0.607. The van der Waals surface area contributed by atoms with Crippen LogP contribution in [-0.2, 0) is 4.79 Å². The molecule has 2 aliphatic heterocycles. The molecule has 10 nitrogen and oxygen atoms in total. The van der Waals surface area contributed by atoms with E-state index in [0.29, 0.717) is 24.1 Å². The lowest BCUT2D eigenvalue weighted by atomic mass is 9.87. The first-order chi connectivity index (χ1) is 18.3. The Morgan fingerprint density at radius 1 is 1.03 bits per heavy atom. The topological polar surface area (TPSA) is 121 Å². The summed E-state index contributed by atoms with van der Waals surface area (Å²) in [6, 6.07) is 9.29. The molecule has 2 amide bonds. The van der Waals surface area contributed by atoms with Gasteiger partial charge in [0.1, 0.15) is 0 Å². The Hall–Kier alpha value is -3.27. The van der Waals surface area contributed by atoms with Crippen molar-refractivity contribution in [2.24, 2.45) is 11.7 Å². The molecule has 3 aliphatic rings. The minimum Gasteiger partial charge on any atom is -0.364 e. The van der Waals surface area contributed by atoms with Crippen LogP contribution >= 0.6 is 0 Å². The molecule has 3 heterocycles. The van der Waals surface area contributed by atoms with Gasteiger partial charge in [0.25, 0.3) is 5.91 Å². The zero-order valence-corrected chi connectivity index (χ0v) is 22.8. The Morgan fingerprint density at radius 3 is 2.37 bits per heavy atom. The number of aromatic nitrogens is 3. The number of nitrogens with two attached hydrogens (primary N) is 1. The second kappa shape index (κ2) is 11.2. The van der Waals surface area contributed by atoms with E-state index in [-0.39, 0.29) is 23.6 Å². The van der Waals surface area contributed by atoms with Crippen molar-refractivity contribution in [3.63, 3.8) is 0 Å². The quantitative estimate of drug-likeness (QED) is 0.545. The van der Waals surface area contributed by atoms with Crippen molar-refractivity contribution >= 4 is 29.3 Å². The predicted molar refractivity (Wildman–Crippen MR) is 147 cm³/mol. The smallest absolute Gasteiger partial charge is 0.273 e. The molecule has 204 valence electrons. The molecule has 3 fully saturated rings. The van der Waals surface area contributed by atoms with E-state index >= 15 is 0 Å². The van der Waals surface area contributed by atoms with E-state index in [9.17, 15) is 9.59 Å². The van der Waals surface area contributed by atoms with Gasteiger partial charge in [0.2, 0.25) is 11.9 Å². The molecule has 2 aromatic rings. The third kappa shape index (κ3) is 5.90. The fourth-order valence-corrected chi connectivity index (χ4v) is 5.89. The van der Waals surface area contributed by atoms with Crippen molar-refractivity contribution in [2.75, 3.05) is 43.9 Å². The van der Waals surface area contributed by atoms with Gasteiger partial charge < -0.3 is 25.8 Å². The van der Waals surface area contributed by atoms with Crippen LogP contribution in [0.1, 0.15) is 73.8 Å². The number of carbonyl (C=O) groups excluding carboxylic acids is 2. The standard InChI is InChI=1S/C28H40N8O2/c1-18-21(17-24(37)34(2)3)5-4-14-36(18)28-31-27(25(26(29)38)32-33-28)30-22-8-6-19(7-9-22)20-12-15-35(16-13-20)23-10-11-23/h6-9,18,20-21,23H,4-5,10-17H2,1-3H3,(H2,29,38)(H,30,31,33)/t18-,21+/m1/s1. The van der Waals surface area contributed by atoms with Crippen LogP contribution in [0.2, 0.25) is 0 Å². The summed E-state index contributed by atoms with van der Waals surface area (Å²) in [6.45, 7) is 5.23. The second-order valence-corrected chi connectivity index (χ2v) is 11.3. The Bertz CT molecular complexity index is 1140. The Morgan fingerprint density at radius 2 is 1.74 bits per heavy atom. The molecule has 1 aromatic heterocycles. The number of piperidine rings is 2. The van der Waals surface area contributed by atoms with Gasteiger partial charge in [-0.25, -0.2) is 0 Å². The molecule has 1 aromatic carbocycles. The lowest BCUT2D eigenvalue weighted by Crippen LogP contribution is -2.46. The van der Waals surface area contributed by atoms with Crippen LogP contribution in [0, 0.1) is 5.92 Å². The molecule has 0 radical (unpaired) electrons. The number of primary amides is 1. The van der Waals surface area contributed by atoms with Gasteiger partial charge in [-0.05, 0) is 88.1 Å². The van der Waals surface area contributed by atoms with Crippen molar-refractivity contribution in [3.8, 4) is 0 Å². The fourth-order valence-electron chi connectivity index (χ4n) is 5.89. The van der Waals surface area contributed by atoms with Gasteiger partial charge in [-0.1, -0.05) is 12.1 Å². The summed E-state index contributed by atoms with van der Waals surface area (Å²) < 4.78 is 0. The average molecular weight is 521 g/mol. The zero-order chi connectivity index (χ0) is 26.8. The van der Waals surface area contributed by atoms with Crippen molar-refractivity contribution < 1.29 is 9.59 Å². The van der Waals surface area contributed by atoms with Crippen molar-refractivity contribution in [3.05, 3.63) is 35.5 Å². The maximum absolute atomic E-state index is 12.3. The van der Waals surface area contributed by atoms with Crippen molar-refractivity contribution in [1.29, 1.82) is 0 Å². The van der Waals surface area contributed by atoms with Crippen molar-refractivity contribution in [1.82, 2.24) is 25.0 Å². The summed E-state index contributed by atoms with van der Waals surface area (Å²) >= 11 is 0. The third-order valence-electron chi connectivity index (χ3n) is 8.49. The summed E-state index contributed by atoms with van der Waals surface area (Å²) in [6.07, 6.45) is 7.51. The van der Waals surface area contributed by atoms with Crippen LogP contribution < -0.4 is 16.0 Å². The van der Waals surface area contributed by atoms with E-state index in [1.807, 2.05) is 12.1 Å². The van der Waals surface area contributed by atoms with E-state index in [1.165, 1.54) is 44.3 Å². The molecule has 1 saturated carbocycles. The third-order valence-corrected chi connectivity index (χ3v) is 8.49. The molecule has 5 rings (SSSR count). The lowest BCUT2D eigenvalue weighted by Gasteiger charge is -2.39. The highest BCUT2D eigenvalue weighted by atomic mass is 16.2. The van der Waals surface area contributed by atoms with Crippen molar-refractivity contribution in [2.45, 2.75) is 69.9 Å². The monoisotopic (exact) mass is 520 g/mol. The van der Waals surface area contributed by atoms with Crippen LogP contribution in [0.5, 0.6) is 0 Å². The van der Waals surface area contributed by atoms with Gasteiger partial charge in [-0.15, -0.1) is 10.2 Å². The number of benzene rings is 1. The number of hydrogen-bond donors (Lipinski definition) is 2. The Labute approximate surface area is 225 Å². The SMILES string of the molecule is C[C@@H]1[C@H](CC(=O)N(C)C)CCCN1c1nnc(C(N)=O)c(Nc2ccc(C3CCN(C4CC4)CC3)cc2)n1. The van der Waals surface area contributed by atoms with E-state index in [2.05, 4.69) is 44.4 Å². The summed E-state index contributed by atoms with van der Waals surface area (Å²) in [4.78, 5) is 35.5. The highest BCUT2D eigenvalue weighted by molar-refractivity contribution is 5.96. The number of amides is 2. The Kier molecular flexibility index (Phi) is 7.78. The summed E-state index contributed by atoms with van der Waals surface area (Å²) in [5.74, 6) is 0.946. The molecule has 2 atom stereocenters. The van der Waals surface area contributed by atoms with Crippen LogP contribution in [-0.4, -0.2) is 82.6 Å². The zero-order valence-electron chi connectivity index (χ0n) is 22.8.